The van der Waals surface area contributed by atoms with Gasteiger partial charge in [-0.1, -0.05) is 12.1 Å². The Labute approximate surface area is 77.9 Å². The molecule has 0 saturated carbocycles. The number of nitrogens with zero attached hydrogens (tertiary/aromatic N) is 2. The Balaban J connectivity index is 2.18. The van der Waals surface area contributed by atoms with Gasteiger partial charge in [0.1, 0.15) is 0 Å². The van der Waals surface area contributed by atoms with Gasteiger partial charge in [0, 0.05) is 31.4 Å². The fourth-order valence-corrected chi connectivity index (χ4v) is 1.51. The topological polar surface area (TPSA) is 41.6 Å². The molecule has 0 aromatic heterocycles. The maximum atomic E-state index is 5.61. The van der Waals surface area contributed by atoms with Gasteiger partial charge in [-0.05, 0) is 17.7 Å². The van der Waals surface area contributed by atoms with Crippen molar-refractivity contribution in [3.8, 4) is 0 Å². The zero-order chi connectivity index (χ0) is 9.26. The predicted octanol–water partition coefficient (Wildman–Crippen LogP) is 1.28. The van der Waals surface area contributed by atoms with Gasteiger partial charge in [-0.3, -0.25) is 5.01 Å². The van der Waals surface area contributed by atoms with Crippen LogP contribution in [0.4, 0.5) is 5.69 Å². The van der Waals surface area contributed by atoms with Crippen molar-refractivity contribution in [2.75, 3.05) is 19.3 Å². The van der Waals surface area contributed by atoms with E-state index in [0.717, 1.165) is 12.2 Å². The second kappa shape index (κ2) is 3.09. The van der Waals surface area contributed by atoms with E-state index in [0.29, 0.717) is 5.92 Å². The Morgan fingerprint density at radius 3 is 2.62 bits per heavy atom. The highest BCUT2D eigenvalue weighted by Crippen LogP contribution is 2.20. The minimum Gasteiger partial charge on any atom is -0.399 e. The average molecular weight is 175 g/mol. The maximum absolute atomic E-state index is 5.61. The van der Waals surface area contributed by atoms with Crippen molar-refractivity contribution < 1.29 is 0 Å². The summed E-state index contributed by atoms with van der Waals surface area (Å²) in [5, 5.41) is 6.14. The monoisotopic (exact) mass is 175 g/mol. The zero-order valence-corrected chi connectivity index (χ0v) is 7.64. The van der Waals surface area contributed by atoms with Gasteiger partial charge in [0.05, 0.1) is 0 Å². The molecule has 1 aliphatic heterocycles. The van der Waals surface area contributed by atoms with Gasteiger partial charge in [-0.2, -0.15) is 5.10 Å². The summed E-state index contributed by atoms with van der Waals surface area (Å²) in [5.41, 5.74) is 7.70. The standard InChI is InChI=1S/C10H13N3/c1-13-7-9(6-12-13)8-2-4-10(11)5-3-8/h2-6,9H,7,11H2,1H3. The first-order chi connectivity index (χ1) is 6.25. The summed E-state index contributed by atoms with van der Waals surface area (Å²) in [6.45, 7) is 0.962. The minimum atomic E-state index is 0.422. The van der Waals surface area contributed by atoms with Crippen molar-refractivity contribution in [2.24, 2.45) is 5.10 Å². The molecular weight excluding hydrogens is 162 g/mol. The number of hydrogen-bond acceptors (Lipinski definition) is 3. The number of rotatable bonds is 1. The molecule has 1 atom stereocenters. The van der Waals surface area contributed by atoms with Gasteiger partial charge in [-0.15, -0.1) is 0 Å². The van der Waals surface area contributed by atoms with E-state index in [9.17, 15) is 0 Å². The molecule has 0 amide bonds. The summed E-state index contributed by atoms with van der Waals surface area (Å²) in [7, 11) is 1.98. The zero-order valence-electron chi connectivity index (χ0n) is 7.64. The highest BCUT2D eigenvalue weighted by Gasteiger charge is 2.15. The quantitative estimate of drug-likeness (QED) is 0.653. The molecule has 2 rings (SSSR count). The van der Waals surface area contributed by atoms with Crippen LogP contribution in [0.2, 0.25) is 0 Å². The first kappa shape index (κ1) is 8.10. The fourth-order valence-electron chi connectivity index (χ4n) is 1.51. The summed E-state index contributed by atoms with van der Waals surface area (Å²) in [6, 6.07) is 7.99. The lowest BCUT2D eigenvalue weighted by Gasteiger charge is -2.10. The molecule has 1 aromatic carbocycles. The highest BCUT2D eigenvalue weighted by molar-refractivity contribution is 5.70. The molecule has 13 heavy (non-hydrogen) atoms. The van der Waals surface area contributed by atoms with E-state index < -0.39 is 0 Å². The molecule has 3 nitrogen and oxygen atoms in total. The van der Waals surface area contributed by atoms with E-state index in [4.69, 9.17) is 5.73 Å². The van der Waals surface area contributed by atoms with Gasteiger partial charge in [0.2, 0.25) is 0 Å². The van der Waals surface area contributed by atoms with Crippen molar-refractivity contribution in [1.82, 2.24) is 5.01 Å². The average Bonchev–Trinajstić information content (AvgIpc) is 2.53. The molecule has 0 spiro atoms. The Morgan fingerprint density at radius 2 is 2.08 bits per heavy atom. The second-order valence-electron chi connectivity index (χ2n) is 3.38. The number of benzene rings is 1. The summed E-state index contributed by atoms with van der Waals surface area (Å²) in [5.74, 6) is 0.422. The van der Waals surface area contributed by atoms with Crippen LogP contribution in [0.15, 0.2) is 29.4 Å². The van der Waals surface area contributed by atoms with Crippen LogP contribution in [0.1, 0.15) is 11.5 Å². The van der Waals surface area contributed by atoms with E-state index in [1.165, 1.54) is 5.56 Å². The van der Waals surface area contributed by atoms with Crippen molar-refractivity contribution in [3.63, 3.8) is 0 Å². The maximum Gasteiger partial charge on any atom is 0.0476 e. The molecule has 2 N–H and O–H groups in total. The molecule has 68 valence electrons. The van der Waals surface area contributed by atoms with Crippen LogP contribution in [0.5, 0.6) is 0 Å². The summed E-state index contributed by atoms with van der Waals surface area (Å²) < 4.78 is 0. The number of hydrogen-bond donors (Lipinski definition) is 1. The first-order valence-electron chi connectivity index (χ1n) is 4.36. The van der Waals surface area contributed by atoms with Gasteiger partial charge >= 0.3 is 0 Å². The Bertz CT molecular complexity index is 315. The normalized spacial score (nSPS) is 21.0. The molecule has 1 heterocycles. The third-order valence-corrected chi connectivity index (χ3v) is 2.27. The molecule has 3 heteroatoms. The Kier molecular flexibility index (Phi) is 1.93. The third-order valence-electron chi connectivity index (χ3n) is 2.27. The van der Waals surface area contributed by atoms with Crippen molar-refractivity contribution in [3.05, 3.63) is 29.8 Å². The lowest BCUT2D eigenvalue weighted by Crippen LogP contribution is -2.11. The van der Waals surface area contributed by atoms with Gasteiger partial charge < -0.3 is 5.73 Å². The summed E-state index contributed by atoms with van der Waals surface area (Å²) >= 11 is 0. The van der Waals surface area contributed by atoms with Crippen LogP contribution in [-0.4, -0.2) is 24.8 Å². The fraction of sp³-hybridized carbons (Fsp3) is 0.300. The molecule has 0 saturated heterocycles. The molecule has 0 fully saturated rings. The van der Waals surface area contributed by atoms with E-state index in [2.05, 4.69) is 17.2 Å². The van der Waals surface area contributed by atoms with Gasteiger partial charge in [-0.25, -0.2) is 0 Å². The van der Waals surface area contributed by atoms with Crippen LogP contribution in [-0.2, 0) is 0 Å². The van der Waals surface area contributed by atoms with Crippen LogP contribution in [0.25, 0.3) is 0 Å². The van der Waals surface area contributed by atoms with Crippen molar-refractivity contribution in [1.29, 1.82) is 0 Å². The van der Waals surface area contributed by atoms with Gasteiger partial charge in [0.25, 0.3) is 0 Å². The predicted molar refractivity (Wildman–Crippen MR) is 54.7 cm³/mol. The largest absolute Gasteiger partial charge is 0.399 e. The summed E-state index contributed by atoms with van der Waals surface area (Å²) in [4.78, 5) is 0. The van der Waals surface area contributed by atoms with Crippen LogP contribution >= 0.6 is 0 Å². The van der Waals surface area contributed by atoms with Crippen LogP contribution in [0.3, 0.4) is 0 Å². The van der Waals surface area contributed by atoms with Crippen molar-refractivity contribution >= 4 is 11.9 Å². The molecule has 1 aliphatic rings. The molecule has 0 aliphatic carbocycles. The molecule has 0 bridgehead atoms. The number of nitrogens with two attached hydrogens (primary N) is 1. The van der Waals surface area contributed by atoms with E-state index in [-0.39, 0.29) is 0 Å². The SMILES string of the molecule is CN1CC(c2ccc(N)cc2)C=N1. The summed E-state index contributed by atoms with van der Waals surface area (Å²) in [6.07, 6.45) is 1.98. The number of hydrazone groups is 1. The Morgan fingerprint density at radius 1 is 1.38 bits per heavy atom. The Hall–Kier alpha value is -1.51. The molecular formula is C10H13N3. The molecule has 1 aromatic rings. The van der Waals surface area contributed by atoms with Crippen LogP contribution < -0.4 is 5.73 Å². The second-order valence-corrected chi connectivity index (χ2v) is 3.38. The van der Waals surface area contributed by atoms with E-state index in [1.807, 2.05) is 30.4 Å². The molecule has 0 radical (unpaired) electrons. The first-order valence-corrected chi connectivity index (χ1v) is 4.36. The number of likely N-dealkylation sites (N-methyl/N-ethyl adjacent to an activating group) is 1. The van der Waals surface area contributed by atoms with E-state index >= 15 is 0 Å². The van der Waals surface area contributed by atoms with Crippen LogP contribution in [0, 0.1) is 0 Å². The minimum absolute atomic E-state index is 0.422. The van der Waals surface area contributed by atoms with Gasteiger partial charge in [0.15, 0.2) is 0 Å². The smallest absolute Gasteiger partial charge is 0.0476 e. The highest BCUT2D eigenvalue weighted by atomic mass is 15.4. The third kappa shape index (κ3) is 1.64. The van der Waals surface area contributed by atoms with Crippen molar-refractivity contribution in [2.45, 2.75) is 5.92 Å². The number of nitrogen functional groups attached to an aromatic ring is 1. The lowest BCUT2D eigenvalue weighted by molar-refractivity contribution is 0.381. The lowest BCUT2D eigenvalue weighted by atomic mass is 10.0. The molecule has 1 unspecified atom stereocenters. The number of anilines is 1. The van der Waals surface area contributed by atoms with E-state index in [1.54, 1.807) is 0 Å².